The highest BCUT2D eigenvalue weighted by Crippen LogP contribution is 2.32. The van der Waals surface area contributed by atoms with E-state index in [0.717, 1.165) is 6.07 Å². The van der Waals surface area contributed by atoms with Gasteiger partial charge in [0, 0.05) is 13.1 Å². The molecule has 3 N–H and O–H groups in total. The third kappa shape index (κ3) is 3.42. The Morgan fingerprint density at radius 3 is 2.68 bits per heavy atom. The largest absolute Gasteiger partial charge is 0.433 e. The van der Waals surface area contributed by atoms with Crippen LogP contribution in [0.2, 0.25) is 0 Å². The third-order valence-electron chi connectivity index (χ3n) is 2.22. The first-order valence-electron chi connectivity index (χ1n) is 5.45. The van der Waals surface area contributed by atoms with E-state index < -0.39 is 11.9 Å². The van der Waals surface area contributed by atoms with Crippen LogP contribution in [0.3, 0.4) is 0 Å². The van der Waals surface area contributed by atoms with Crippen molar-refractivity contribution in [2.45, 2.75) is 6.18 Å². The van der Waals surface area contributed by atoms with Crippen LogP contribution in [0.25, 0.3) is 10.6 Å². The maximum atomic E-state index is 12.8. The van der Waals surface area contributed by atoms with Gasteiger partial charge < -0.3 is 11.1 Å². The molecule has 0 aromatic carbocycles. The van der Waals surface area contributed by atoms with E-state index in [4.69, 9.17) is 5.73 Å². The van der Waals surface area contributed by atoms with E-state index >= 15 is 0 Å². The number of nitrogens with two attached hydrogens (primary N) is 1. The molecule has 0 fully saturated rings. The lowest BCUT2D eigenvalue weighted by atomic mass is 10.3. The molecule has 8 heteroatoms. The Morgan fingerprint density at radius 1 is 1.32 bits per heavy atom. The van der Waals surface area contributed by atoms with Crippen molar-refractivity contribution in [1.82, 2.24) is 9.97 Å². The molecule has 0 saturated heterocycles. The van der Waals surface area contributed by atoms with Crippen molar-refractivity contribution in [3.63, 3.8) is 0 Å². The van der Waals surface area contributed by atoms with Gasteiger partial charge in [-0.15, -0.1) is 11.3 Å². The second kappa shape index (κ2) is 5.54. The van der Waals surface area contributed by atoms with Crippen molar-refractivity contribution >= 4 is 17.3 Å². The minimum Gasteiger partial charge on any atom is -0.353 e. The maximum Gasteiger partial charge on any atom is 0.433 e. The monoisotopic (exact) mass is 288 g/mol. The number of halogens is 3. The van der Waals surface area contributed by atoms with E-state index in [1.807, 2.05) is 0 Å². The molecule has 0 atom stereocenters. The average Bonchev–Trinajstić information content (AvgIpc) is 2.89. The summed E-state index contributed by atoms with van der Waals surface area (Å²) in [7, 11) is 0. The standard InChI is InChI=1S/C11H11F3N4S/c12-11(13,14)9-6-7(8-2-1-5-19-8)17-10(18-9)16-4-3-15/h1-2,5-6H,3-4,15H2,(H,16,17,18). The molecule has 2 rings (SSSR count). The van der Waals surface area contributed by atoms with Crippen molar-refractivity contribution in [1.29, 1.82) is 0 Å². The molecule has 102 valence electrons. The van der Waals surface area contributed by atoms with Crippen LogP contribution in [0.5, 0.6) is 0 Å². The number of nitrogens with one attached hydrogen (secondary N) is 1. The fourth-order valence-electron chi connectivity index (χ4n) is 1.41. The van der Waals surface area contributed by atoms with Gasteiger partial charge in [0.2, 0.25) is 5.95 Å². The number of anilines is 1. The summed E-state index contributed by atoms with van der Waals surface area (Å²) < 4.78 is 38.3. The van der Waals surface area contributed by atoms with E-state index in [0.29, 0.717) is 11.4 Å². The summed E-state index contributed by atoms with van der Waals surface area (Å²) in [4.78, 5) is 8.17. The van der Waals surface area contributed by atoms with Crippen LogP contribution in [-0.2, 0) is 6.18 Å². The lowest BCUT2D eigenvalue weighted by molar-refractivity contribution is -0.141. The summed E-state index contributed by atoms with van der Waals surface area (Å²) in [6, 6.07) is 4.40. The number of aromatic nitrogens is 2. The molecule has 19 heavy (non-hydrogen) atoms. The summed E-state index contributed by atoms with van der Waals surface area (Å²) in [6.45, 7) is 0.596. The summed E-state index contributed by atoms with van der Waals surface area (Å²) in [5.74, 6) is -0.0660. The van der Waals surface area contributed by atoms with Gasteiger partial charge in [-0.25, -0.2) is 9.97 Å². The Balaban J connectivity index is 2.43. The average molecular weight is 288 g/mol. The summed E-state index contributed by atoms with van der Waals surface area (Å²) in [5.41, 5.74) is 4.57. The van der Waals surface area contributed by atoms with Crippen molar-refractivity contribution in [2.75, 3.05) is 18.4 Å². The Kier molecular flexibility index (Phi) is 4.01. The Morgan fingerprint density at radius 2 is 2.11 bits per heavy atom. The van der Waals surface area contributed by atoms with Crippen LogP contribution in [-0.4, -0.2) is 23.1 Å². The molecule has 0 saturated carbocycles. The Hall–Kier alpha value is -1.67. The minimum atomic E-state index is -4.51. The van der Waals surface area contributed by atoms with Gasteiger partial charge in [-0.3, -0.25) is 0 Å². The van der Waals surface area contributed by atoms with Gasteiger partial charge in [0.25, 0.3) is 0 Å². The number of hydrogen-bond acceptors (Lipinski definition) is 5. The van der Waals surface area contributed by atoms with Gasteiger partial charge in [-0.2, -0.15) is 13.2 Å². The van der Waals surface area contributed by atoms with Crippen molar-refractivity contribution < 1.29 is 13.2 Å². The molecule has 0 bridgehead atoms. The van der Waals surface area contributed by atoms with Crippen molar-refractivity contribution in [2.24, 2.45) is 5.73 Å². The Labute approximate surface area is 111 Å². The van der Waals surface area contributed by atoms with E-state index in [1.165, 1.54) is 11.3 Å². The van der Waals surface area contributed by atoms with E-state index in [-0.39, 0.29) is 18.2 Å². The van der Waals surface area contributed by atoms with E-state index in [1.54, 1.807) is 17.5 Å². The maximum absolute atomic E-state index is 12.8. The molecule has 0 spiro atoms. The number of thiophene rings is 1. The highest BCUT2D eigenvalue weighted by molar-refractivity contribution is 7.13. The fourth-order valence-corrected chi connectivity index (χ4v) is 2.09. The number of rotatable bonds is 4. The van der Waals surface area contributed by atoms with Crippen LogP contribution >= 0.6 is 11.3 Å². The zero-order chi connectivity index (χ0) is 13.9. The van der Waals surface area contributed by atoms with Crippen LogP contribution in [0, 0.1) is 0 Å². The molecule has 0 aliphatic heterocycles. The smallest absolute Gasteiger partial charge is 0.353 e. The normalized spacial score (nSPS) is 11.6. The molecule has 2 aromatic heterocycles. The zero-order valence-electron chi connectivity index (χ0n) is 9.74. The molecule has 0 aliphatic carbocycles. The van der Waals surface area contributed by atoms with Gasteiger partial charge in [0.1, 0.15) is 0 Å². The molecular formula is C11H11F3N4S. The number of nitrogens with zero attached hydrogens (tertiary/aromatic N) is 2. The van der Waals surface area contributed by atoms with Crippen molar-refractivity contribution in [3.05, 3.63) is 29.3 Å². The first-order chi connectivity index (χ1) is 9.00. The van der Waals surface area contributed by atoms with Crippen LogP contribution in [0.4, 0.5) is 19.1 Å². The first kappa shape index (κ1) is 13.8. The molecule has 2 heterocycles. The lowest BCUT2D eigenvalue weighted by Crippen LogP contribution is -2.17. The van der Waals surface area contributed by atoms with Crippen molar-refractivity contribution in [3.8, 4) is 10.6 Å². The third-order valence-corrected chi connectivity index (χ3v) is 3.11. The van der Waals surface area contributed by atoms with Gasteiger partial charge in [0.15, 0.2) is 5.69 Å². The Bertz CT molecular complexity index is 539. The van der Waals surface area contributed by atoms with Gasteiger partial charge in [-0.05, 0) is 17.5 Å². The lowest BCUT2D eigenvalue weighted by Gasteiger charge is -2.10. The number of alkyl halides is 3. The molecule has 0 unspecified atom stereocenters. The van der Waals surface area contributed by atoms with Gasteiger partial charge >= 0.3 is 6.18 Å². The molecule has 4 nitrogen and oxygen atoms in total. The van der Waals surface area contributed by atoms with Crippen LogP contribution < -0.4 is 11.1 Å². The minimum absolute atomic E-state index is 0.0660. The molecule has 0 amide bonds. The molecule has 2 aromatic rings. The summed E-state index contributed by atoms with van der Waals surface area (Å²) in [6.07, 6.45) is -4.51. The topological polar surface area (TPSA) is 63.8 Å². The summed E-state index contributed by atoms with van der Waals surface area (Å²) in [5, 5.41) is 4.44. The predicted octanol–water partition coefficient (Wildman–Crippen LogP) is 2.59. The molecular weight excluding hydrogens is 277 g/mol. The second-order valence-electron chi connectivity index (χ2n) is 3.65. The second-order valence-corrected chi connectivity index (χ2v) is 4.60. The van der Waals surface area contributed by atoms with Gasteiger partial charge in [0.05, 0.1) is 10.6 Å². The van der Waals surface area contributed by atoms with E-state index in [2.05, 4.69) is 15.3 Å². The summed E-state index contributed by atoms with van der Waals surface area (Å²) >= 11 is 1.32. The quantitative estimate of drug-likeness (QED) is 0.907. The molecule has 0 aliphatic rings. The van der Waals surface area contributed by atoms with Crippen LogP contribution in [0.1, 0.15) is 5.69 Å². The van der Waals surface area contributed by atoms with Gasteiger partial charge in [-0.1, -0.05) is 6.07 Å². The highest BCUT2D eigenvalue weighted by atomic mass is 32.1. The first-order valence-corrected chi connectivity index (χ1v) is 6.33. The van der Waals surface area contributed by atoms with E-state index in [9.17, 15) is 13.2 Å². The zero-order valence-corrected chi connectivity index (χ0v) is 10.6. The SMILES string of the molecule is NCCNc1nc(-c2cccs2)cc(C(F)(F)F)n1. The highest BCUT2D eigenvalue weighted by Gasteiger charge is 2.33. The van der Waals surface area contributed by atoms with Crippen LogP contribution in [0.15, 0.2) is 23.6 Å². The predicted molar refractivity (Wildman–Crippen MR) is 67.9 cm³/mol. The molecule has 0 radical (unpaired) electrons. The fraction of sp³-hybridized carbons (Fsp3) is 0.273. The number of hydrogen-bond donors (Lipinski definition) is 2.